The first-order valence-corrected chi connectivity index (χ1v) is 7.65. The minimum atomic E-state index is -0.264. The molecule has 1 saturated heterocycles. The van der Waals surface area contributed by atoms with Crippen LogP contribution in [0.25, 0.3) is 0 Å². The van der Waals surface area contributed by atoms with Crippen LogP contribution in [0.1, 0.15) is 36.5 Å². The molecule has 1 aliphatic rings. The minimum absolute atomic E-state index is 0.157. The minimum Gasteiger partial charge on any atom is -0.395 e. The zero-order valence-electron chi connectivity index (χ0n) is 12.4. The molecular weight excluding hydrogens is 285 g/mol. The number of halogens is 1. The third kappa shape index (κ3) is 3.69. The lowest BCUT2D eigenvalue weighted by atomic mass is 10.0. The van der Waals surface area contributed by atoms with Crippen molar-refractivity contribution in [1.82, 2.24) is 15.0 Å². The summed E-state index contributed by atoms with van der Waals surface area (Å²) in [6, 6.07) is 6.57. The van der Waals surface area contributed by atoms with Crippen molar-refractivity contribution >= 4 is 0 Å². The molecule has 22 heavy (non-hydrogen) atoms. The predicted octanol–water partition coefficient (Wildman–Crippen LogP) is 2.15. The number of benzene rings is 1. The van der Waals surface area contributed by atoms with Crippen LogP contribution in [-0.2, 0) is 13.0 Å². The standard InChI is InChI=1S/C16H20FN3O2/c17-13-5-3-4-12(8-13)9-15-18-16(22-19-15)10-20-7-2-1-6-14(20)11-21/h3-5,8,14,21H,1-2,6-7,9-11H2/t14-/m0/s1. The molecule has 1 aromatic heterocycles. The lowest BCUT2D eigenvalue weighted by molar-refractivity contribution is 0.0749. The van der Waals surface area contributed by atoms with Crippen LogP contribution in [0.5, 0.6) is 0 Å². The van der Waals surface area contributed by atoms with Gasteiger partial charge in [0.05, 0.1) is 13.2 Å². The van der Waals surface area contributed by atoms with Gasteiger partial charge in [-0.15, -0.1) is 0 Å². The van der Waals surface area contributed by atoms with E-state index in [1.165, 1.54) is 12.1 Å². The van der Waals surface area contributed by atoms with Gasteiger partial charge in [-0.3, -0.25) is 4.90 Å². The number of rotatable bonds is 5. The average molecular weight is 305 g/mol. The monoisotopic (exact) mass is 305 g/mol. The number of aliphatic hydroxyl groups excluding tert-OH is 1. The number of piperidine rings is 1. The maximum atomic E-state index is 13.2. The smallest absolute Gasteiger partial charge is 0.240 e. The molecule has 2 aromatic rings. The van der Waals surface area contributed by atoms with Crippen LogP contribution in [0.2, 0.25) is 0 Å². The highest BCUT2D eigenvalue weighted by atomic mass is 19.1. The third-order valence-electron chi connectivity index (χ3n) is 4.06. The molecule has 0 amide bonds. The number of aromatic nitrogens is 2. The molecule has 0 radical (unpaired) electrons. The van der Waals surface area contributed by atoms with Crippen LogP contribution in [0.4, 0.5) is 4.39 Å². The molecule has 0 unspecified atom stereocenters. The van der Waals surface area contributed by atoms with Crippen molar-refractivity contribution in [3.05, 3.63) is 47.4 Å². The highest BCUT2D eigenvalue weighted by Crippen LogP contribution is 2.19. The normalized spacial score (nSPS) is 19.5. The number of nitrogens with zero attached hydrogens (tertiary/aromatic N) is 3. The zero-order valence-corrected chi connectivity index (χ0v) is 12.4. The fourth-order valence-corrected chi connectivity index (χ4v) is 2.90. The molecule has 0 spiro atoms. The Morgan fingerprint density at radius 3 is 3.09 bits per heavy atom. The summed E-state index contributed by atoms with van der Waals surface area (Å²) in [5.41, 5.74) is 0.818. The zero-order chi connectivity index (χ0) is 15.4. The van der Waals surface area contributed by atoms with Crippen molar-refractivity contribution < 1.29 is 14.0 Å². The molecule has 1 aromatic carbocycles. The maximum Gasteiger partial charge on any atom is 0.240 e. The summed E-state index contributed by atoms with van der Waals surface area (Å²) in [7, 11) is 0. The quantitative estimate of drug-likeness (QED) is 0.917. The van der Waals surface area contributed by atoms with E-state index in [0.717, 1.165) is 31.4 Å². The van der Waals surface area contributed by atoms with Gasteiger partial charge in [0.15, 0.2) is 5.82 Å². The van der Waals surface area contributed by atoms with Crippen molar-refractivity contribution in [2.45, 2.75) is 38.3 Å². The fraction of sp³-hybridized carbons (Fsp3) is 0.500. The second-order valence-corrected chi connectivity index (χ2v) is 5.71. The molecule has 2 heterocycles. The molecule has 5 nitrogen and oxygen atoms in total. The van der Waals surface area contributed by atoms with Gasteiger partial charge in [-0.05, 0) is 37.1 Å². The summed E-state index contributed by atoms with van der Waals surface area (Å²) in [5.74, 6) is 0.838. The first kappa shape index (κ1) is 15.1. The van der Waals surface area contributed by atoms with Gasteiger partial charge in [0.1, 0.15) is 5.82 Å². The van der Waals surface area contributed by atoms with Crippen molar-refractivity contribution in [3.63, 3.8) is 0 Å². The Morgan fingerprint density at radius 2 is 2.27 bits per heavy atom. The van der Waals surface area contributed by atoms with Gasteiger partial charge in [-0.25, -0.2) is 4.39 Å². The summed E-state index contributed by atoms with van der Waals surface area (Å²) in [6.07, 6.45) is 3.72. The van der Waals surface area contributed by atoms with Gasteiger partial charge in [0, 0.05) is 12.5 Å². The summed E-state index contributed by atoms with van der Waals surface area (Å²) >= 11 is 0. The number of hydrogen-bond donors (Lipinski definition) is 1. The van der Waals surface area contributed by atoms with E-state index >= 15 is 0 Å². The first-order valence-electron chi connectivity index (χ1n) is 7.65. The Hall–Kier alpha value is -1.79. The van der Waals surface area contributed by atoms with Crippen molar-refractivity contribution in [1.29, 1.82) is 0 Å². The van der Waals surface area contributed by atoms with Crippen molar-refractivity contribution in [3.8, 4) is 0 Å². The summed E-state index contributed by atoms with van der Waals surface area (Å²) in [6.45, 7) is 1.65. The van der Waals surface area contributed by atoms with E-state index in [2.05, 4.69) is 15.0 Å². The predicted molar refractivity (Wildman–Crippen MR) is 78.6 cm³/mol. The van der Waals surface area contributed by atoms with E-state index < -0.39 is 0 Å². The second-order valence-electron chi connectivity index (χ2n) is 5.71. The summed E-state index contributed by atoms with van der Waals surface area (Å²) in [5, 5.41) is 13.4. The summed E-state index contributed by atoms with van der Waals surface area (Å²) in [4.78, 5) is 6.56. The van der Waals surface area contributed by atoms with Crippen LogP contribution < -0.4 is 0 Å². The van der Waals surface area contributed by atoms with E-state index in [0.29, 0.717) is 24.7 Å². The van der Waals surface area contributed by atoms with Gasteiger partial charge in [-0.2, -0.15) is 4.98 Å². The van der Waals surface area contributed by atoms with Crippen LogP contribution in [0, 0.1) is 5.82 Å². The molecule has 0 aliphatic carbocycles. The van der Waals surface area contributed by atoms with E-state index in [9.17, 15) is 9.50 Å². The maximum absolute atomic E-state index is 13.2. The molecular formula is C16H20FN3O2. The van der Waals surface area contributed by atoms with Crippen LogP contribution in [-0.4, -0.2) is 39.3 Å². The summed E-state index contributed by atoms with van der Waals surface area (Å²) < 4.78 is 18.5. The van der Waals surface area contributed by atoms with Crippen molar-refractivity contribution in [2.24, 2.45) is 0 Å². The Balaban J connectivity index is 1.63. The number of hydrogen-bond acceptors (Lipinski definition) is 5. The molecule has 0 saturated carbocycles. The van der Waals surface area contributed by atoms with Crippen molar-refractivity contribution in [2.75, 3.05) is 13.2 Å². The van der Waals surface area contributed by atoms with Gasteiger partial charge in [-0.1, -0.05) is 23.7 Å². The highest BCUT2D eigenvalue weighted by Gasteiger charge is 2.23. The topological polar surface area (TPSA) is 62.4 Å². The Morgan fingerprint density at radius 1 is 1.36 bits per heavy atom. The largest absolute Gasteiger partial charge is 0.395 e. The average Bonchev–Trinajstić information content (AvgIpc) is 2.95. The molecule has 3 rings (SSSR count). The lowest BCUT2D eigenvalue weighted by Crippen LogP contribution is -2.41. The Bertz CT molecular complexity index is 617. The molecule has 118 valence electrons. The molecule has 1 atom stereocenters. The van der Waals surface area contributed by atoms with E-state index in [1.54, 1.807) is 6.07 Å². The molecule has 0 bridgehead atoms. The van der Waals surface area contributed by atoms with Crippen LogP contribution in [0.3, 0.4) is 0 Å². The molecule has 1 fully saturated rings. The highest BCUT2D eigenvalue weighted by molar-refractivity contribution is 5.19. The molecule has 6 heteroatoms. The van der Waals surface area contributed by atoms with Gasteiger partial charge < -0.3 is 9.63 Å². The third-order valence-corrected chi connectivity index (χ3v) is 4.06. The van der Waals surface area contributed by atoms with E-state index in [4.69, 9.17) is 4.52 Å². The Kier molecular flexibility index (Phi) is 4.80. The van der Waals surface area contributed by atoms with E-state index in [-0.39, 0.29) is 18.5 Å². The molecule has 1 N–H and O–H groups in total. The first-order chi connectivity index (χ1) is 10.7. The fourth-order valence-electron chi connectivity index (χ4n) is 2.90. The van der Waals surface area contributed by atoms with Gasteiger partial charge in [0.2, 0.25) is 5.89 Å². The number of aliphatic hydroxyl groups is 1. The van der Waals surface area contributed by atoms with Crippen LogP contribution >= 0.6 is 0 Å². The van der Waals surface area contributed by atoms with Gasteiger partial charge >= 0.3 is 0 Å². The second kappa shape index (κ2) is 6.98. The molecule has 1 aliphatic heterocycles. The Labute approximate surface area is 128 Å². The lowest BCUT2D eigenvalue weighted by Gasteiger charge is -2.33. The van der Waals surface area contributed by atoms with E-state index in [1.807, 2.05) is 6.07 Å². The SMILES string of the molecule is OC[C@@H]1CCCCN1Cc1nc(Cc2cccc(F)c2)no1. The number of likely N-dealkylation sites (tertiary alicyclic amines) is 1. The van der Waals surface area contributed by atoms with Gasteiger partial charge in [0.25, 0.3) is 0 Å². The van der Waals surface area contributed by atoms with Crippen LogP contribution in [0.15, 0.2) is 28.8 Å².